The van der Waals surface area contributed by atoms with E-state index >= 15 is 0 Å². The third-order valence-corrected chi connectivity index (χ3v) is 4.23. The molecule has 1 saturated heterocycles. The molecule has 88 valence electrons. The number of hydrogen-bond donors (Lipinski definition) is 1. The molecule has 0 radical (unpaired) electrons. The number of nitrogens with two attached hydrogens (primary N) is 1. The van der Waals surface area contributed by atoms with Crippen molar-refractivity contribution in [2.45, 2.75) is 13.3 Å². The summed E-state index contributed by atoms with van der Waals surface area (Å²) in [7, 11) is 0. The zero-order valence-corrected chi connectivity index (χ0v) is 11.7. The van der Waals surface area contributed by atoms with Crippen LogP contribution in [0.25, 0.3) is 0 Å². The van der Waals surface area contributed by atoms with E-state index in [-0.39, 0.29) is 0 Å². The van der Waals surface area contributed by atoms with Crippen molar-refractivity contribution < 1.29 is 0 Å². The fourth-order valence-corrected chi connectivity index (χ4v) is 2.99. The molecule has 2 nitrogen and oxygen atoms in total. The van der Waals surface area contributed by atoms with Crippen molar-refractivity contribution in [1.29, 1.82) is 0 Å². The maximum absolute atomic E-state index is 6.16. The molecule has 1 aliphatic rings. The van der Waals surface area contributed by atoms with Crippen LogP contribution < -0.4 is 10.6 Å². The highest BCUT2D eigenvalue weighted by molar-refractivity contribution is 9.10. The fourth-order valence-electron chi connectivity index (χ4n) is 2.12. The van der Waals surface area contributed by atoms with Crippen molar-refractivity contribution >= 4 is 33.2 Å². The van der Waals surface area contributed by atoms with Gasteiger partial charge in [0.2, 0.25) is 0 Å². The first-order chi connectivity index (χ1) is 7.61. The van der Waals surface area contributed by atoms with Crippen LogP contribution in [-0.2, 0) is 0 Å². The van der Waals surface area contributed by atoms with Gasteiger partial charge < -0.3 is 10.6 Å². The molecule has 2 N–H and O–H groups in total. The van der Waals surface area contributed by atoms with E-state index in [0.29, 0.717) is 5.92 Å². The van der Waals surface area contributed by atoms with Crippen LogP contribution in [0.3, 0.4) is 0 Å². The van der Waals surface area contributed by atoms with Crippen LogP contribution in [0, 0.1) is 12.8 Å². The van der Waals surface area contributed by atoms with Gasteiger partial charge >= 0.3 is 0 Å². The van der Waals surface area contributed by atoms with E-state index in [1.165, 1.54) is 12.1 Å². The lowest BCUT2D eigenvalue weighted by Crippen LogP contribution is -2.22. The molecule has 16 heavy (non-hydrogen) atoms. The molecule has 1 fully saturated rings. The van der Waals surface area contributed by atoms with Crippen molar-refractivity contribution in [3.05, 3.63) is 27.2 Å². The zero-order chi connectivity index (χ0) is 11.7. The molecule has 0 bridgehead atoms. The van der Waals surface area contributed by atoms with Gasteiger partial charge in [-0.2, -0.15) is 0 Å². The second-order valence-corrected chi connectivity index (χ2v) is 5.65. The first-order valence-corrected chi connectivity index (χ1v) is 6.69. The molecule has 2 rings (SSSR count). The van der Waals surface area contributed by atoms with Crippen molar-refractivity contribution in [2.24, 2.45) is 11.7 Å². The van der Waals surface area contributed by atoms with Gasteiger partial charge in [0, 0.05) is 22.6 Å². The van der Waals surface area contributed by atoms with Gasteiger partial charge in [0.15, 0.2) is 0 Å². The second kappa shape index (κ2) is 4.94. The Bertz CT molecular complexity index is 395. The summed E-state index contributed by atoms with van der Waals surface area (Å²) < 4.78 is 1.12. The molecule has 1 aromatic carbocycles. The van der Waals surface area contributed by atoms with Crippen LogP contribution in [-0.4, -0.2) is 19.6 Å². The highest BCUT2D eigenvalue weighted by Gasteiger charge is 2.23. The number of aryl methyl sites for hydroxylation is 1. The first kappa shape index (κ1) is 12.2. The predicted molar refractivity (Wildman–Crippen MR) is 73.3 cm³/mol. The SMILES string of the molecule is Cc1cc(Br)c(N2CCC(CN)C2)cc1Cl. The molecule has 1 aromatic rings. The van der Waals surface area contributed by atoms with E-state index in [2.05, 4.69) is 26.9 Å². The summed E-state index contributed by atoms with van der Waals surface area (Å²) in [5.41, 5.74) is 7.99. The van der Waals surface area contributed by atoms with Crippen LogP contribution in [0.5, 0.6) is 0 Å². The molecule has 0 aromatic heterocycles. The quantitative estimate of drug-likeness (QED) is 0.909. The second-order valence-electron chi connectivity index (χ2n) is 4.39. The minimum absolute atomic E-state index is 0.618. The topological polar surface area (TPSA) is 29.3 Å². The van der Waals surface area contributed by atoms with Crippen LogP contribution in [0.2, 0.25) is 5.02 Å². The first-order valence-electron chi connectivity index (χ1n) is 5.52. The monoisotopic (exact) mass is 302 g/mol. The molecule has 4 heteroatoms. The highest BCUT2D eigenvalue weighted by Crippen LogP contribution is 2.34. The average molecular weight is 304 g/mol. The van der Waals surface area contributed by atoms with Crippen molar-refractivity contribution in [2.75, 3.05) is 24.5 Å². The largest absolute Gasteiger partial charge is 0.370 e. The van der Waals surface area contributed by atoms with Gasteiger partial charge in [-0.3, -0.25) is 0 Å². The summed E-state index contributed by atoms with van der Waals surface area (Å²) in [6, 6.07) is 4.12. The summed E-state index contributed by atoms with van der Waals surface area (Å²) in [5.74, 6) is 0.618. The summed E-state index contributed by atoms with van der Waals surface area (Å²) in [6.45, 7) is 4.89. The van der Waals surface area contributed by atoms with E-state index in [9.17, 15) is 0 Å². The third kappa shape index (κ3) is 2.36. The third-order valence-electron chi connectivity index (χ3n) is 3.19. The van der Waals surface area contributed by atoms with Gasteiger partial charge in [0.05, 0.1) is 5.69 Å². The minimum Gasteiger partial charge on any atom is -0.370 e. The molecule has 0 spiro atoms. The molecule has 0 saturated carbocycles. The van der Waals surface area contributed by atoms with E-state index in [1.807, 2.05) is 13.0 Å². The molecule has 0 aliphatic carbocycles. The molecular weight excluding hydrogens is 288 g/mol. The van der Waals surface area contributed by atoms with E-state index in [0.717, 1.165) is 34.7 Å². The lowest BCUT2D eigenvalue weighted by molar-refractivity contribution is 0.602. The minimum atomic E-state index is 0.618. The number of halogens is 2. The van der Waals surface area contributed by atoms with Gasteiger partial charge in [-0.1, -0.05) is 11.6 Å². The molecule has 1 atom stereocenters. The summed E-state index contributed by atoms with van der Waals surface area (Å²) >= 11 is 9.76. The number of anilines is 1. The van der Waals surface area contributed by atoms with Crippen LogP contribution >= 0.6 is 27.5 Å². The zero-order valence-electron chi connectivity index (χ0n) is 9.34. The average Bonchev–Trinajstić information content (AvgIpc) is 2.71. The van der Waals surface area contributed by atoms with Crippen LogP contribution in [0.15, 0.2) is 16.6 Å². The van der Waals surface area contributed by atoms with Crippen molar-refractivity contribution in [3.63, 3.8) is 0 Å². The number of nitrogens with zero attached hydrogens (tertiary/aromatic N) is 1. The van der Waals surface area contributed by atoms with Gasteiger partial charge in [0.1, 0.15) is 0 Å². The van der Waals surface area contributed by atoms with E-state index in [1.54, 1.807) is 0 Å². The lowest BCUT2D eigenvalue weighted by Gasteiger charge is -2.21. The summed E-state index contributed by atoms with van der Waals surface area (Å²) in [6.07, 6.45) is 1.18. The lowest BCUT2D eigenvalue weighted by atomic mass is 10.1. The molecule has 1 aliphatic heterocycles. The maximum Gasteiger partial charge on any atom is 0.0525 e. The normalized spacial score (nSPS) is 20.5. The number of benzene rings is 1. The predicted octanol–water partition coefficient (Wildman–Crippen LogP) is 3.20. The fraction of sp³-hybridized carbons (Fsp3) is 0.500. The number of hydrogen-bond acceptors (Lipinski definition) is 2. The standard InChI is InChI=1S/C12H16BrClN2/c1-8-4-10(13)12(5-11(8)14)16-3-2-9(6-15)7-16/h4-5,9H,2-3,6-7,15H2,1H3. The Kier molecular flexibility index (Phi) is 3.77. The van der Waals surface area contributed by atoms with Gasteiger partial charge in [0.25, 0.3) is 0 Å². The number of rotatable bonds is 2. The summed E-state index contributed by atoms with van der Waals surface area (Å²) in [4.78, 5) is 2.35. The van der Waals surface area contributed by atoms with E-state index in [4.69, 9.17) is 17.3 Å². The maximum atomic E-state index is 6.16. The Labute approximate surface area is 110 Å². The van der Waals surface area contributed by atoms with Gasteiger partial charge in [-0.15, -0.1) is 0 Å². The van der Waals surface area contributed by atoms with Crippen LogP contribution in [0.4, 0.5) is 5.69 Å². The van der Waals surface area contributed by atoms with E-state index < -0.39 is 0 Å². The molecule has 1 heterocycles. The van der Waals surface area contributed by atoms with Crippen LogP contribution in [0.1, 0.15) is 12.0 Å². The van der Waals surface area contributed by atoms with Gasteiger partial charge in [-0.05, 0) is 59.4 Å². The Balaban J connectivity index is 2.24. The smallest absolute Gasteiger partial charge is 0.0525 e. The Hall–Kier alpha value is -0.250. The highest BCUT2D eigenvalue weighted by atomic mass is 79.9. The van der Waals surface area contributed by atoms with Crippen molar-refractivity contribution in [1.82, 2.24) is 0 Å². The van der Waals surface area contributed by atoms with Crippen molar-refractivity contribution in [3.8, 4) is 0 Å². The molecule has 1 unspecified atom stereocenters. The molecular formula is C12H16BrClN2. The Morgan fingerprint density at radius 1 is 1.56 bits per heavy atom. The van der Waals surface area contributed by atoms with Gasteiger partial charge in [-0.25, -0.2) is 0 Å². The Morgan fingerprint density at radius 2 is 2.31 bits per heavy atom. The Morgan fingerprint density at radius 3 is 2.94 bits per heavy atom. The molecule has 0 amide bonds. The summed E-state index contributed by atoms with van der Waals surface area (Å²) in [5, 5.41) is 0.828.